The monoisotopic (exact) mass is 311 g/mol. The van der Waals surface area contributed by atoms with Gasteiger partial charge in [0.25, 0.3) is 0 Å². The zero-order valence-electron chi connectivity index (χ0n) is 13.4. The molecule has 0 bridgehead atoms. The largest absolute Gasteiger partial charge is 0.407 e. The van der Waals surface area contributed by atoms with E-state index in [0.29, 0.717) is 0 Å². The molecule has 1 rings (SSSR count). The van der Waals surface area contributed by atoms with Crippen molar-refractivity contribution in [1.82, 2.24) is 0 Å². The second-order valence-electron chi connectivity index (χ2n) is 6.79. The molecule has 0 saturated heterocycles. The molecule has 118 valence electrons. The third kappa shape index (κ3) is 4.91. The van der Waals surface area contributed by atoms with Gasteiger partial charge in [-0.05, 0) is 23.7 Å². The summed E-state index contributed by atoms with van der Waals surface area (Å²) >= 11 is 0. The standard InChI is InChI=1S/C15H25NO4Si/c1-15(2,3)21(4,5)20-14(13(17)11-16(18)19)12-9-7-6-8-10-12/h6-10,13-14,17H,11H2,1-5H3/t13-,14-/m1/s1. The molecule has 1 N–H and O–H groups in total. The molecule has 0 unspecified atom stereocenters. The molecule has 0 aliphatic carbocycles. The molecule has 2 atom stereocenters. The SMILES string of the molecule is CC(C)(C)[Si](C)(C)O[C@H](c1ccccc1)[C@H](O)C[N+](=O)[O-]. The lowest BCUT2D eigenvalue weighted by atomic mass is 10.0. The van der Waals surface area contributed by atoms with Crippen molar-refractivity contribution in [3.8, 4) is 0 Å². The molecular formula is C15H25NO4Si. The quantitative estimate of drug-likeness (QED) is 0.496. The number of aliphatic hydroxyl groups is 1. The second-order valence-corrected chi connectivity index (χ2v) is 11.5. The molecule has 6 heteroatoms. The van der Waals surface area contributed by atoms with E-state index in [2.05, 4.69) is 33.9 Å². The summed E-state index contributed by atoms with van der Waals surface area (Å²) in [5.41, 5.74) is 0.775. The van der Waals surface area contributed by atoms with Gasteiger partial charge in [0.2, 0.25) is 6.54 Å². The average Bonchev–Trinajstić information content (AvgIpc) is 2.34. The van der Waals surface area contributed by atoms with E-state index in [1.54, 1.807) is 0 Å². The van der Waals surface area contributed by atoms with E-state index in [1.165, 1.54) is 0 Å². The van der Waals surface area contributed by atoms with Gasteiger partial charge >= 0.3 is 0 Å². The summed E-state index contributed by atoms with van der Waals surface area (Å²) in [6, 6.07) is 9.22. The van der Waals surface area contributed by atoms with Gasteiger partial charge in [0.1, 0.15) is 12.2 Å². The molecule has 0 heterocycles. The van der Waals surface area contributed by atoms with Crippen molar-refractivity contribution in [2.45, 2.75) is 51.1 Å². The third-order valence-corrected chi connectivity index (χ3v) is 8.50. The first-order valence-electron chi connectivity index (χ1n) is 7.07. The van der Waals surface area contributed by atoms with Crippen LogP contribution in [0.15, 0.2) is 30.3 Å². The van der Waals surface area contributed by atoms with Gasteiger partial charge in [-0.3, -0.25) is 10.1 Å². The summed E-state index contributed by atoms with van der Waals surface area (Å²) in [5, 5.41) is 20.9. The van der Waals surface area contributed by atoms with E-state index in [1.807, 2.05) is 30.3 Å². The summed E-state index contributed by atoms with van der Waals surface area (Å²) in [6.45, 7) is 9.92. The van der Waals surface area contributed by atoms with Gasteiger partial charge in [-0.1, -0.05) is 51.1 Å². The zero-order chi connectivity index (χ0) is 16.3. The Bertz CT molecular complexity index is 470. The molecule has 1 aromatic rings. The van der Waals surface area contributed by atoms with Gasteiger partial charge in [0, 0.05) is 4.92 Å². The fourth-order valence-corrected chi connectivity index (χ4v) is 3.04. The highest BCUT2D eigenvalue weighted by molar-refractivity contribution is 6.74. The number of nitrogens with zero attached hydrogens (tertiary/aromatic N) is 1. The fraction of sp³-hybridized carbons (Fsp3) is 0.600. The molecule has 0 amide bonds. The molecule has 0 aromatic heterocycles. The molecule has 0 radical (unpaired) electrons. The van der Waals surface area contributed by atoms with Crippen molar-refractivity contribution in [3.05, 3.63) is 46.0 Å². The van der Waals surface area contributed by atoms with E-state index in [4.69, 9.17) is 4.43 Å². The predicted molar refractivity (Wildman–Crippen MR) is 85.3 cm³/mol. The third-order valence-electron chi connectivity index (χ3n) is 4.04. The zero-order valence-corrected chi connectivity index (χ0v) is 14.4. The molecule has 0 aliphatic heterocycles. The van der Waals surface area contributed by atoms with Crippen molar-refractivity contribution >= 4 is 8.32 Å². The lowest BCUT2D eigenvalue weighted by Crippen LogP contribution is -2.45. The van der Waals surface area contributed by atoms with Crippen LogP contribution < -0.4 is 0 Å². The summed E-state index contributed by atoms with van der Waals surface area (Å²) in [7, 11) is -2.15. The van der Waals surface area contributed by atoms with Gasteiger partial charge in [0.15, 0.2) is 8.32 Å². The highest BCUT2D eigenvalue weighted by atomic mass is 28.4. The van der Waals surface area contributed by atoms with Crippen LogP contribution in [0.2, 0.25) is 18.1 Å². The van der Waals surface area contributed by atoms with Gasteiger partial charge in [-0.2, -0.15) is 0 Å². The van der Waals surface area contributed by atoms with Crippen molar-refractivity contribution in [3.63, 3.8) is 0 Å². The highest BCUT2D eigenvalue weighted by Gasteiger charge is 2.41. The Hall–Kier alpha value is -1.24. The van der Waals surface area contributed by atoms with Crippen LogP contribution in [0.4, 0.5) is 0 Å². The molecule has 0 saturated carbocycles. The van der Waals surface area contributed by atoms with Crippen molar-refractivity contribution < 1.29 is 14.5 Å². The van der Waals surface area contributed by atoms with Gasteiger partial charge < -0.3 is 9.53 Å². The topological polar surface area (TPSA) is 72.6 Å². The van der Waals surface area contributed by atoms with E-state index in [-0.39, 0.29) is 5.04 Å². The summed E-state index contributed by atoms with van der Waals surface area (Å²) in [6.07, 6.45) is -1.82. The maximum absolute atomic E-state index is 10.7. The number of hydrogen-bond acceptors (Lipinski definition) is 4. The Kier molecular flexibility index (Phi) is 5.66. The lowest BCUT2D eigenvalue weighted by molar-refractivity contribution is -0.492. The van der Waals surface area contributed by atoms with Crippen LogP contribution >= 0.6 is 0 Å². The van der Waals surface area contributed by atoms with Crippen LogP contribution in [0, 0.1) is 10.1 Å². The summed E-state index contributed by atoms with van der Waals surface area (Å²) in [5.74, 6) is 0. The lowest BCUT2D eigenvalue weighted by Gasteiger charge is -2.40. The van der Waals surface area contributed by atoms with E-state index >= 15 is 0 Å². The fourth-order valence-electron chi connectivity index (χ4n) is 1.75. The Balaban J connectivity index is 3.06. The molecular weight excluding hydrogens is 286 g/mol. The minimum Gasteiger partial charge on any atom is -0.407 e. The average molecular weight is 311 g/mol. The van der Waals surface area contributed by atoms with Gasteiger partial charge in [0.05, 0.1) is 0 Å². The smallest absolute Gasteiger partial charge is 0.232 e. The molecule has 21 heavy (non-hydrogen) atoms. The molecule has 0 aliphatic rings. The van der Waals surface area contributed by atoms with Gasteiger partial charge in [-0.15, -0.1) is 0 Å². The first kappa shape index (κ1) is 17.8. The minimum absolute atomic E-state index is 0.0334. The minimum atomic E-state index is -2.15. The number of rotatable bonds is 6. The predicted octanol–water partition coefficient (Wildman–Crippen LogP) is 3.39. The maximum Gasteiger partial charge on any atom is 0.232 e. The Morgan fingerprint density at radius 2 is 1.81 bits per heavy atom. The molecule has 0 spiro atoms. The first-order valence-corrected chi connectivity index (χ1v) is 9.98. The molecule has 1 aromatic carbocycles. The van der Waals surface area contributed by atoms with Crippen LogP contribution in [-0.4, -0.2) is 31.0 Å². The van der Waals surface area contributed by atoms with Crippen LogP contribution in [0.1, 0.15) is 32.4 Å². The normalized spacial score (nSPS) is 15.5. The van der Waals surface area contributed by atoms with Crippen LogP contribution in [0.3, 0.4) is 0 Å². The number of hydrogen-bond donors (Lipinski definition) is 1. The maximum atomic E-state index is 10.7. The van der Waals surface area contributed by atoms with E-state index < -0.39 is 32.0 Å². The Morgan fingerprint density at radius 1 is 1.29 bits per heavy atom. The van der Waals surface area contributed by atoms with Crippen molar-refractivity contribution in [2.24, 2.45) is 0 Å². The number of nitro groups is 1. The highest BCUT2D eigenvalue weighted by Crippen LogP contribution is 2.40. The van der Waals surface area contributed by atoms with E-state index in [0.717, 1.165) is 5.56 Å². The van der Waals surface area contributed by atoms with Crippen LogP contribution in [0.25, 0.3) is 0 Å². The van der Waals surface area contributed by atoms with Gasteiger partial charge in [-0.25, -0.2) is 0 Å². The summed E-state index contributed by atoms with van der Waals surface area (Å²) < 4.78 is 6.24. The Labute approximate surface area is 127 Å². The summed E-state index contributed by atoms with van der Waals surface area (Å²) in [4.78, 5) is 10.2. The molecule has 5 nitrogen and oxygen atoms in total. The van der Waals surface area contributed by atoms with E-state index in [9.17, 15) is 15.2 Å². The first-order chi connectivity index (χ1) is 9.54. The Morgan fingerprint density at radius 3 is 2.24 bits per heavy atom. The van der Waals surface area contributed by atoms with Crippen molar-refractivity contribution in [1.29, 1.82) is 0 Å². The van der Waals surface area contributed by atoms with Crippen LogP contribution in [0.5, 0.6) is 0 Å². The van der Waals surface area contributed by atoms with Crippen molar-refractivity contribution in [2.75, 3.05) is 6.54 Å². The second kappa shape index (κ2) is 6.68. The number of aliphatic hydroxyl groups excluding tert-OH is 1. The van der Waals surface area contributed by atoms with Crippen LogP contribution in [-0.2, 0) is 4.43 Å². The number of benzene rings is 1. The molecule has 0 fully saturated rings.